The summed E-state index contributed by atoms with van der Waals surface area (Å²) in [5.74, 6) is 0.712. The number of amides is 1. The molecule has 0 radical (unpaired) electrons. The SMILES string of the molecule is CC(C)(C)OC(=O)NCC1Cc2cc(NCC(F)F)ccc2O1. The molecule has 23 heavy (non-hydrogen) atoms. The van der Waals surface area contributed by atoms with E-state index in [1.807, 2.05) is 0 Å². The molecule has 0 spiro atoms. The second-order valence-corrected chi connectivity index (χ2v) is 6.42. The summed E-state index contributed by atoms with van der Waals surface area (Å²) in [6.07, 6.45) is -2.47. The lowest BCUT2D eigenvalue weighted by atomic mass is 10.1. The number of nitrogens with one attached hydrogen (secondary N) is 2. The molecule has 1 aromatic carbocycles. The quantitative estimate of drug-likeness (QED) is 0.871. The number of benzene rings is 1. The average Bonchev–Trinajstić information content (AvgIpc) is 2.83. The summed E-state index contributed by atoms with van der Waals surface area (Å²) in [6, 6.07) is 5.24. The molecule has 7 heteroatoms. The van der Waals surface area contributed by atoms with Gasteiger partial charge in [0.2, 0.25) is 0 Å². The third-order valence-electron chi connectivity index (χ3n) is 3.14. The summed E-state index contributed by atoms with van der Waals surface area (Å²) >= 11 is 0. The fourth-order valence-electron chi connectivity index (χ4n) is 2.25. The van der Waals surface area contributed by atoms with Crippen molar-refractivity contribution < 1.29 is 23.0 Å². The molecule has 0 bridgehead atoms. The first-order valence-corrected chi connectivity index (χ1v) is 7.51. The van der Waals surface area contributed by atoms with Gasteiger partial charge in [0.15, 0.2) is 0 Å². The molecule has 1 amide bonds. The van der Waals surface area contributed by atoms with Crippen LogP contribution < -0.4 is 15.4 Å². The normalized spacial score (nSPS) is 16.7. The minimum absolute atomic E-state index is 0.192. The molecule has 0 aliphatic carbocycles. The molecule has 0 aromatic heterocycles. The van der Waals surface area contributed by atoms with E-state index in [2.05, 4.69) is 10.6 Å². The number of alkyl carbamates (subject to hydrolysis) is 1. The van der Waals surface area contributed by atoms with Crippen molar-refractivity contribution in [3.8, 4) is 5.75 Å². The number of rotatable bonds is 5. The molecule has 1 aromatic rings. The van der Waals surface area contributed by atoms with Crippen LogP contribution in [0.15, 0.2) is 18.2 Å². The van der Waals surface area contributed by atoms with Crippen LogP contribution in [0.3, 0.4) is 0 Å². The molecule has 1 heterocycles. The van der Waals surface area contributed by atoms with Crippen LogP contribution in [0.4, 0.5) is 19.3 Å². The highest BCUT2D eigenvalue weighted by Gasteiger charge is 2.24. The van der Waals surface area contributed by atoms with Crippen molar-refractivity contribution in [2.24, 2.45) is 0 Å². The molecule has 0 fully saturated rings. The Bertz CT molecular complexity index is 559. The van der Waals surface area contributed by atoms with Crippen LogP contribution in [0.1, 0.15) is 26.3 Å². The van der Waals surface area contributed by atoms with Crippen molar-refractivity contribution in [1.82, 2.24) is 5.32 Å². The third kappa shape index (κ3) is 5.58. The minimum atomic E-state index is -2.40. The lowest BCUT2D eigenvalue weighted by Gasteiger charge is -2.20. The maximum Gasteiger partial charge on any atom is 0.407 e. The van der Waals surface area contributed by atoms with Gasteiger partial charge in [-0.1, -0.05) is 0 Å². The number of hydrogen-bond acceptors (Lipinski definition) is 4. The van der Waals surface area contributed by atoms with Gasteiger partial charge in [0.25, 0.3) is 6.43 Å². The van der Waals surface area contributed by atoms with Crippen molar-refractivity contribution in [2.45, 2.75) is 45.3 Å². The van der Waals surface area contributed by atoms with Gasteiger partial charge in [0.1, 0.15) is 17.5 Å². The first-order valence-electron chi connectivity index (χ1n) is 7.51. The average molecular weight is 328 g/mol. The summed E-state index contributed by atoms with van der Waals surface area (Å²) < 4.78 is 35.3. The molecule has 1 atom stereocenters. The van der Waals surface area contributed by atoms with Crippen molar-refractivity contribution in [1.29, 1.82) is 0 Å². The number of anilines is 1. The number of carbonyl (C=O) groups is 1. The van der Waals surface area contributed by atoms with E-state index in [0.717, 1.165) is 5.56 Å². The second kappa shape index (κ2) is 7.02. The highest BCUT2D eigenvalue weighted by Crippen LogP contribution is 2.31. The highest BCUT2D eigenvalue weighted by molar-refractivity contribution is 5.67. The van der Waals surface area contributed by atoms with Crippen molar-refractivity contribution in [3.63, 3.8) is 0 Å². The molecule has 1 unspecified atom stereocenters. The number of ether oxygens (including phenoxy) is 2. The predicted molar refractivity (Wildman–Crippen MR) is 83.3 cm³/mol. The van der Waals surface area contributed by atoms with E-state index in [0.29, 0.717) is 24.4 Å². The molecular formula is C16H22F2N2O3. The van der Waals surface area contributed by atoms with Gasteiger partial charge in [0.05, 0.1) is 13.1 Å². The fourth-order valence-corrected chi connectivity index (χ4v) is 2.25. The minimum Gasteiger partial charge on any atom is -0.488 e. The zero-order valence-electron chi connectivity index (χ0n) is 13.5. The molecule has 0 saturated heterocycles. The van der Waals surface area contributed by atoms with Crippen LogP contribution in [-0.4, -0.2) is 37.3 Å². The van der Waals surface area contributed by atoms with Crippen molar-refractivity contribution in [2.75, 3.05) is 18.4 Å². The lowest BCUT2D eigenvalue weighted by molar-refractivity contribution is 0.0506. The number of fused-ring (bicyclic) bond motifs is 1. The Hall–Kier alpha value is -2.05. The van der Waals surface area contributed by atoms with Crippen LogP contribution >= 0.6 is 0 Å². The van der Waals surface area contributed by atoms with E-state index >= 15 is 0 Å². The Kier molecular flexibility index (Phi) is 5.28. The monoisotopic (exact) mass is 328 g/mol. The van der Waals surface area contributed by atoms with Crippen LogP contribution in [0.25, 0.3) is 0 Å². The van der Waals surface area contributed by atoms with Crippen LogP contribution in [0.5, 0.6) is 5.75 Å². The Morgan fingerprint density at radius 2 is 2.17 bits per heavy atom. The predicted octanol–water partition coefficient (Wildman–Crippen LogP) is 3.19. The molecule has 1 aliphatic rings. The van der Waals surface area contributed by atoms with Gasteiger partial charge in [0, 0.05) is 12.1 Å². The number of alkyl halides is 2. The van der Waals surface area contributed by atoms with Gasteiger partial charge in [-0.3, -0.25) is 0 Å². The van der Waals surface area contributed by atoms with Gasteiger partial charge >= 0.3 is 6.09 Å². The molecule has 2 N–H and O–H groups in total. The third-order valence-corrected chi connectivity index (χ3v) is 3.14. The van der Waals surface area contributed by atoms with E-state index in [1.165, 1.54) is 0 Å². The first-order chi connectivity index (χ1) is 10.7. The van der Waals surface area contributed by atoms with E-state index < -0.39 is 18.1 Å². The van der Waals surface area contributed by atoms with E-state index in [1.54, 1.807) is 39.0 Å². The second-order valence-electron chi connectivity index (χ2n) is 6.42. The van der Waals surface area contributed by atoms with Crippen LogP contribution in [-0.2, 0) is 11.2 Å². The smallest absolute Gasteiger partial charge is 0.407 e. The van der Waals surface area contributed by atoms with E-state index in [9.17, 15) is 13.6 Å². The largest absolute Gasteiger partial charge is 0.488 e. The Labute approximate surface area is 134 Å². The van der Waals surface area contributed by atoms with Crippen molar-refractivity contribution in [3.05, 3.63) is 23.8 Å². The maximum atomic E-state index is 12.2. The Morgan fingerprint density at radius 3 is 2.83 bits per heavy atom. The highest BCUT2D eigenvalue weighted by atomic mass is 19.3. The zero-order valence-corrected chi connectivity index (χ0v) is 13.5. The first kappa shape index (κ1) is 17.3. The van der Waals surface area contributed by atoms with Gasteiger partial charge in [-0.15, -0.1) is 0 Å². The molecule has 2 rings (SSSR count). The summed E-state index contributed by atoms with van der Waals surface area (Å²) in [5.41, 5.74) is 1.02. The molecular weight excluding hydrogens is 306 g/mol. The van der Waals surface area contributed by atoms with Crippen LogP contribution in [0.2, 0.25) is 0 Å². The van der Waals surface area contributed by atoms with Crippen molar-refractivity contribution >= 4 is 11.8 Å². The van der Waals surface area contributed by atoms with Gasteiger partial charge in [-0.25, -0.2) is 13.6 Å². The fraction of sp³-hybridized carbons (Fsp3) is 0.562. The topological polar surface area (TPSA) is 59.6 Å². The molecule has 1 aliphatic heterocycles. The molecule has 0 saturated carbocycles. The molecule has 5 nitrogen and oxygen atoms in total. The van der Waals surface area contributed by atoms with E-state index in [4.69, 9.17) is 9.47 Å². The Balaban J connectivity index is 1.83. The van der Waals surface area contributed by atoms with Gasteiger partial charge in [-0.05, 0) is 44.5 Å². The Morgan fingerprint density at radius 1 is 1.43 bits per heavy atom. The maximum absolute atomic E-state index is 12.2. The summed E-state index contributed by atoms with van der Waals surface area (Å²) in [7, 11) is 0. The summed E-state index contributed by atoms with van der Waals surface area (Å²) in [6.45, 7) is 5.32. The summed E-state index contributed by atoms with van der Waals surface area (Å²) in [4.78, 5) is 11.6. The summed E-state index contributed by atoms with van der Waals surface area (Å²) in [5, 5.41) is 5.34. The number of carbonyl (C=O) groups excluding carboxylic acids is 1. The lowest BCUT2D eigenvalue weighted by Crippen LogP contribution is -2.38. The standard InChI is InChI=1S/C16H22F2N2O3/c1-16(2,3)23-15(21)20-8-12-7-10-6-11(19-9-14(17)18)4-5-13(10)22-12/h4-6,12,14,19H,7-9H2,1-3H3,(H,20,21). The van der Waals surface area contributed by atoms with E-state index in [-0.39, 0.29) is 12.6 Å². The van der Waals surface area contributed by atoms with Gasteiger partial charge in [-0.2, -0.15) is 0 Å². The number of hydrogen-bond donors (Lipinski definition) is 2. The zero-order chi connectivity index (χ0) is 17.0. The molecule has 128 valence electrons. The van der Waals surface area contributed by atoms with Crippen LogP contribution in [0, 0.1) is 0 Å². The number of halogens is 2. The van der Waals surface area contributed by atoms with Gasteiger partial charge < -0.3 is 20.1 Å².